The number of urea groups is 1. The molecule has 9 nitrogen and oxygen atoms in total. The normalized spacial score (nSPS) is 22.0. The van der Waals surface area contributed by atoms with Gasteiger partial charge < -0.3 is 10.6 Å². The molecule has 4 amide bonds. The number of amides is 4. The number of carbonyl (C=O) groups excluding carboxylic acids is 3. The molecular formula is C23H32N4O5S. The topological polar surface area (TPSA) is 116 Å². The van der Waals surface area contributed by atoms with Crippen LogP contribution in [0.25, 0.3) is 0 Å². The van der Waals surface area contributed by atoms with Gasteiger partial charge in [0.2, 0.25) is 15.9 Å². The van der Waals surface area contributed by atoms with Crippen LogP contribution < -0.4 is 10.6 Å². The van der Waals surface area contributed by atoms with Crippen molar-refractivity contribution < 1.29 is 22.8 Å². The first-order valence-corrected chi connectivity index (χ1v) is 13.3. The summed E-state index contributed by atoms with van der Waals surface area (Å²) < 4.78 is 27.3. The van der Waals surface area contributed by atoms with Crippen molar-refractivity contribution in [3.05, 3.63) is 24.3 Å². The Balaban J connectivity index is 1.38. The van der Waals surface area contributed by atoms with E-state index in [1.165, 1.54) is 28.6 Å². The van der Waals surface area contributed by atoms with Gasteiger partial charge in [0, 0.05) is 18.8 Å². The highest BCUT2D eigenvalue weighted by molar-refractivity contribution is 7.89. The Bertz CT molecular complexity index is 992. The molecule has 2 heterocycles. The van der Waals surface area contributed by atoms with Gasteiger partial charge in [-0.15, -0.1) is 0 Å². The number of nitrogens with one attached hydrogen (secondary N) is 2. The first-order chi connectivity index (χ1) is 15.8. The van der Waals surface area contributed by atoms with E-state index in [1.54, 1.807) is 0 Å². The smallest absolute Gasteiger partial charge is 0.325 e. The quantitative estimate of drug-likeness (QED) is 0.634. The largest absolute Gasteiger partial charge is 0.325 e. The molecule has 2 aliphatic heterocycles. The molecule has 180 valence electrons. The first-order valence-electron chi connectivity index (χ1n) is 11.9. The van der Waals surface area contributed by atoms with Crippen LogP contribution in [-0.2, 0) is 19.6 Å². The summed E-state index contributed by atoms with van der Waals surface area (Å²) in [5.41, 5.74) is -0.469. The molecule has 0 bridgehead atoms. The van der Waals surface area contributed by atoms with Crippen LogP contribution in [0.4, 0.5) is 10.5 Å². The maximum Gasteiger partial charge on any atom is 0.325 e. The Morgan fingerprint density at radius 3 is 2.09 bits per heavy atom. The average Bonchev–Trinajstić information content (AvgIpc) is 3.10. The van der Waals surface area contributed by atoms with E-state index >= 15 is 0 Å². The lowest BCUT2D eigenvalue weighted by Crippen LogP contribution is -2.47. The highest BCUT2D eigenvalue weighted by Gasteiger charge is 2.51. The summed E-state index contributed by atoms with van der Waals surface area (Å²) in [6.07, 6.45) is 8.81. The summed E-state index contributed by atoms with van der Waals surface area (Å²) in [6, 6.07) is 5.48. The van der Waals surface area contributed by atoms with Crippen LogP contribution in [0.5, 0.6) is 0 Å². The fraction of sp³-hybridized carbons (Fsp3) is 0.609. The van der Waals surface area contributed by atoms with Gasteiger partial charge in [0.15, 0.2) is 0 Å². The van der Waals surface area contributed by atoms with Gasteiger partial charge in [-0.25, -0.2) is 13.2 Å². The molecule has 0 aromatic heterocycles. The predicted molar refractivity (Wildman–Crippen MR) is 123 cm³/mol. The number of hydrogen-bond acceptors (Lipinski definition) is 5. The van der Waals surface area contributed by atoms with E-state index in [1.807, 2.05) is 0 Å². The Kier molecular flexibility index (Phi) is 7.04. The van der Waals surface area contributed by atoms with Crippen molar-refractivity contribution in [1.82, 2.24) is 14.5 Å². The van der Waals surface area contributed by atoms with Gasteiger partial charge >= 0.3 is 6.03 Å². The first kappa shape index (κ1) is 23.7. The zero-order valence-corrected chi connectivity index (χ0v) is 19.7. The third kappa shape index (κ3) is 5.06. The maximum absolute atomic E-state index is 13.0. The van der Waals surface area contributed by atoms with Gasteiger partial charge in [-0.1, -0.05) is 38.5 Å². The molecule has 1 saturated carbocycles. The molecule has 33 heavy (non-hydrogen) atoms. The van der Waals surface area contributed by atoms with E-state index in [2.05, 4.69) is 10.6 Å². The summed E-state index contributed by atoms with van der Waals surface area (Å²) in [7, 11) is -3.57. The van der Waals surface area contributed by atoms with Crippen molar-refractivity contribution in [2.24, 2.45) is 0 Å². The number of carbonyl (C=O) groups is 3. The van der Waals surface area contributed by atoms with Gasteiger partial charge in [0.1, 0.15) is 12.1 Å². The number of hydrogen-bond donors (Lipinski definition) is 2. The van der Waals surface area contributed by atoms with Gasteiger partial charge in [-0.3, -0.25) is 14.5 Å². The Hall–Kier alpha value is -2.46. The minimum atomic E-state index is -3.57. The van der Waals surface area contributed by atoms with E-state index in [-0.39, 0.29) is 17.3 Å². The number of rotatable bonds is 5. The number of benzene rings is 1. The molecule has 2 N–H and O–H groups in total. The van der Waals surface area contributed by atoms with Crippen molar-refractivity contribution in [3.8, 4) is 0 Å². The predicted octanol–water partition coefficient (Wildman–Crippen LogP) is 2.83. The molecule has 0 radical (unpaired) electrons. The van der Waals surface area contributed by atoms with Crippen LogP contribution in [0.1, 0.15) is 64.2 Å². The van der Waals surface area contributed by atoms with Crippen LogP contribution in [0.2, 0.25) is 0 Å². The van der Waals surface area contributed by atoms with Crippen molar-refractivity contribution in [1.29, 1.82) is 0 Å². The van der Waals surface area contributed by atoms with Crippen molar-refractivity contribution >= 4 is 33.6 Å². The Labute approximate surface area is 194 Å². The molecule has 1 aromatic carbocycles. The van der Waals surface area contributed by atoms with Crippen LogP contribution in [0, 0.1) is 0 Å². The molecule has 1 aromatic rings. The van der Waals surface area contributed by atoms with Crippen LogP contribution in [0.3, 0.4) is 0 Å². The minimum Gasteiger partial charge on any atom is -0.325 e. The van der Waals surface area contributed by atoms with E-state index < -0.39 is 27.5 Å². The number of imide groups is 1. The zero-order valence-electron chi connectivity index (χ0n) is 18.8. The third-order valence-electron chi connectivity index (χ3n) is 6.85. The molecule has 2 saturated heterocycles. The number of sulfonamides is 1. The summed E-state index contributed by atoms with van der Waals surface area (Å²) in [5.74, 6) is -0.837. The van der Waals surface area contributed by atoms with Crippen molar-refractivity contribution in [2.75, 3.05) is 25.0 Å². The number of nitrogens with zero attached hydrogens (tertiary/aromatic N) is 2. The van der Waals surface area contributed by atoms with E-state index in [9.17, 15) is 22.8 Å². The second-order valence-electron chi connectivity index (χ2n) is 9.21. The van der Waals surface area contributed by atoms with Gasteiger partial charge in [0.25, 0.3) is 5.91 Å². The monoisotopic (exact) mass is 476 g/mol. The summed E-state index contributed by atoms with van der Waals surface area (Å²) in [6.45, 7) is 0.669. The van der Waals surface area contributed by atoms with Crippen LogP contribution in [-0.4, -0.2) is 60.6 Å². The molecule has 3 fully saturated rings. The summed E-state index contributed by atoms with van der Waals surface area (Å²) >= 11 is 0. The lowest BCUT2D eigenvalue weighted by Gasteiger charge is -2.24. The highest BCUT2D eigenvalue weighted by atomic mass is 32.2. The lowest BCUT2D eigenvalue weighted by atomic mass is 9.90. The molecule has 10 heteroatoms. The van der Waals surface area contributed by atoms with Gasteiger partial charge in [-0.2, -0.15) is 4.31 Å². The molecule has 4 rings (SSSR count). The SMILES string of the molecule is O=C(CN1C(=O)NC2(CCCCCC2)C1=O)Nc1ccc(S(=O)(=O)N2CCCCCC2)cc1. The summed E-state index contributed by atoms with van der Waals surface area (Å²) in [4.78, 5) is 39.1. The van der Waals surface area contributed by atoms with E-state index in [0.717, 1.165) is 56.3 Å². The third-order valence-corrected chi connectivity index (χ3v) is 8.76. The molecule has 1 aliphatic carbocycles. The van der Waals surface area contributed by atoms with Crippen LogP contribution in [0.15, 0.2) is 29.2 Å². The Morgan fingerprint density at radius 2 is 1.48 bits per heavy atom. The fourth-order valence-electron chi connectivity index (χ4n) is 4.98. The lowest BCUT2D eigenvalue weighted by molar-refractivity contribution is -0.134. The van der Waals surface area contributed by atoms with Crippen molar-refractivity contribution in [3.63, 3.8) is 0 Å². The van der Waals surface area contributed by atoms with Gasteiger partial charge in [-0.05, 0) is 49.9 Å². The average molecular weight is 477 g/mol. The Morgan fingerprint density at radius 1 is 0.909 bits per heavy atom. The molecular weight excluding hydrogens is 444 g/mol. The molecule has 0 atom stereocenters. The van der Waals surface area contributed by atoms with Crippen LogP contribution >= 0.6 is 0 Å². The highest BCUT2D eigenvalue weighted by Crippen LogP contribution is 2.32. The van der Waals surface area contributed by atoms with Crippen molar-refractivity contribution in [2.45, 2.75) is 74.6 Å². The molecule has 3 aliphatic rings. The zero-order chi connectivity index (χ0) is 23.5. The molecule has 0 unspecified atom stereocenters. The standard InChI is InChI=1S/C23H32N4O5S/c28-20(17-27-21(29)23(25-22(27)30)13-5-1-2-6-14-23)24-18-9-11-19(12-10-18)33(31,32)26-15-7-3-4-8-16-26/h9-12H,1-8,13-17H2,(H,24,28)(H,25,30). The minimum absolute atomic E-state index is 0.187. The van der Waals surface area contributed by atoms with Gasteiger partial charge in [0.05, 0.1) is 4.90 Å². The maximum atomic E-state index is 13.0. The fourth-order valence-corrected chi connectivity index (χ4v) is 6.49. The second kappa shape index (κ2) is 9.80. The summed E-state index contributed by atoms with van der Waals surface area (Å²) in [5, 5.41) is 5.48. The molecule has 1 spiro atoms. The second-order valence-corrected chi connectivity index (χ2v) is 11.1. The van der Waals surface area contributed by atoms with E-state index in [4.69, 9.17) is 0 Å². The van der Waals surface area contributed by atoms with E-state index in [0.29, 0.717) is 31.6 Å². The number of anilines is 1.